The summed E-state index contributed by atoms with van der Waals surface area (Å²) < 4.78 is 1.47. The van der Waals surface area contributed by atoms with E-state index in [9.17, 15) is 4.79 Å². The highest BCUT2D eigenvalue weighted by atomic mass is 16.1. The van der Waals surface area contributed by atoms with Gasteiger partial charge in [-0.15, -0.1) is 0 Å². The maximum Gasteiger partial charge on any atom is 0.352 e. The van der Waals surface area contributed by atoms with Gasteiger partial charge < -0.3 is 0 Å². The van der Waals surface area contributed by atoms with Gasteiger partial charge in [0.25, 0.3) is 0 Å². The molecule has 0 spiro atoms. The maximum absolute atomic E-state index is 12.2. The van der Waals surface area contributed by atoms with Gasteiger partial charge in [-0.1, -0.05) is 61.5 Å². The van der Waals surface area contributed by atoms with E-state index in [1.165, 1.54) is 4.57 Å². The van der Waals surface area contributed by atoms with Gasteiger partial charge in [0, 0.05) is 19.2 Å². The molecule has 0 radical (unpaired) electrons. The maximum atomic E-state index is 12.2. The van der Waals surface area contributed by atoms with Crippen LogP contribution >= 0.6 is 0 Å². The lowest BCUT2D eigenvalue weighted by atomic mass is 10.0. The van der Waals surface area contributed by atoms with Gasteiger partial charge >= 0.3 is 5.69 Å². The van der Waals surface area contributed by atoms with Crippen molar-refractivity contribution in [3.63, 3.8) is 0 Å². The minimum absolute atomic E-state index is 0.264. The molecule has 0 aliphatic carbocycles. The summed E-state index contributed by atoms with van der Waals surface area (Å²) in [5.74, 6) is 0.862. The molecular formula is C19H21N5O. The number of aromatic nitrogens is 3. The molecule has 25 heavy (non-hydrogen) atoms. The third-order valence-electron chi connectivity index (χ3n) is 3.99. The summed E-state index contributed by atoms with van der Waals surface area (Å²) in [4.78, 5) is 20.7. The summed E-state index contributed by atoms with van der Waals surface area (Å²) in [6.07, 6.45) is 0.864. The van der Waals surface area contributed by atoms with Crippen molar-refractivity contribution >= 4 is 5.95 Å². The monoisotopic (exact) mass is 335 g/mol. The Labute approximate surface area is 146 Å². The van der Waals surface area contributed by atoms with Crippen LogP contribution in [0.25, 0.3) is 11.4 Å². The van der Waals surface area contributed by atoms with E-state index in [0.717, 1.165) is 23.1 Å². The number of nitrogens with one attached hydrogen (secondary N) is 2. The Kier molecular flexibility index (Phi) is 5.20. The third kappa shape index (κ3) is 3.92. The van der Waals surface area contributed by atoms with Crippen LogP contribution in [0.5, 0.6) is 0 Å². The van der Waals surface area contributed by atoms with Crippen LogP contribution in [0, 0.1) is 0 Å². The van der Waals surface area contributed by atoms with Crippen molar-refractivity contribution in [2.75, 3.05) is 5.43 Å². The molecule has 0 fully saturated rings. The first-order valence-corrected chi connectivity index (χ1v) is 8.25. The van der Waals surface area contributed by atoms with Gasteiger partial charge in [-0.3, -0.25) is 9.99 Å². The minimum atomic E-state index is -0.347. The number of nitrogens with zero attached hydrogens (tertiary/aromatic N) is 3. The summed E-state index contributed by atoms with van der Waals surface area (Å²) in [6.45, 7) is 2.68. The summed E-state index contributed by atoms with van der Waals surface area (Å²) in [6, 6.07) is 17.9. The highest BCUT2D eigenvalue weighted by Crippen LogP contribution is 2.21. The molecule has 0 atom stereocenters. The molecule has 6 nitrogen and oxygen atoms in total. The molecule has 0 saturated heterocycles. The number of anilines is 1. The lowest BCUT2D eigenvalue weighted by Gasteiger charge is -2.13. The van der Waals surface area contributed by atoms with Gasteiger partial charge in [0.15, 0.2) is 0 Å². The fraction of sp³-hybridized carbons (Fsp3) is 0.211. The molecule has 1 aromatic heterocycles. The Morgan fingerprint density at radius 1 is 1.00 bits per heavy atom. The van der Waals surface area contributed by atoms with Crippen molar-refractivity contribution in [1.29, 1.82) is 0 Å². The quantitative estimate of drug-likeness (QED) is 0.677. The van der Waals surface area contributed by atoms with Crippen LogP contribution in [0.3, 0.4) is 0 Å². The Balaban J connectivity index is 1.84. The molecule has 0 bridgehead atoms. The lowest BCUT2D eigenvalue weighted by molar-refractivity contribution is 0.746. The normalized spacial score (nSPS) is 10.6. The Bertz CT molecular complexity index is 905. The first kappa shape index (κ1) is 16.9. The fourth-order valence-corrected chi connectivity index (χ4v) is 2.62. The standard InChI is InChI=1S/C19H21N5O/c1-3-15-11-7-8-12-16(15)17-21-18(22-19(25)24(17)2)23-20-13-14-9-5-4-6-10-14/h4-12,20H,3,13H2,1-2H3,(H,22,23,25). The van der Waals surface area contributed by atoms with Crippen molar-refractivity contribution < 1.29 is 0 Å². The Hall–Kier alpha value is -2.99. The predicted octanol–water partition coefficient (Wildman–Crippen LogP) is 2.52. The van der Waals surface area contributed by atoms with Crippen LogP contribution in [0.4, 0.5) is 5.95 Å². The van der Waals surface area contributed by atoms with Crippen molar-refractivity contribution in [3.05, 3.63) is 76.2 Å². The number of benzene rings is 2. The van der Waals surface area contributed by atoms with Gasteiger partial charge in [0.05, 0.1) is 0 Å². The van der Waals surface area contributed by atoms with Gasteiger partial charge in [0.1, 0.15) is 5.82 Å². The summed E-state index contributed by atoms with van der Waals surface area (Å²) in [5.41, 5.74) is 8.83. The molecule has 3 aromatic rings. The fourth-order valence-electron chi connectivity index (χ4n) is 2.62. The largest absolute Gasteiger partial charge is 0.352 e. The van der Waals surface area contributed by atoms with Crippen LogP contribution in [-0.2, 0) is 20.0 Å². The molecule has 2 aromatic carbocycles. The molecule has 6 heteroatoms. The first-order valence-electron chi connectivity index (χ1n) is 8.25. The summed E-state index contributed by atoms with van der Waals surface area (Å²) in [5, 5.41) is 0. The molecule has 128 valence electrons. The summed E-state index contributed by atoms with van der Waals surface area (Å²) in [7, 11) is 1.69. The van der Waals surface area contributed by atoms with Crippen molar-refractivity contribution in [2.45, 2.75) is 19.9 Å². The second-order valence-electron chi connectivity index (χ2n) is 5.69. The molecule has 3 rings (SSSR count). The van der Waals surface area contributed by atoms with Crippen LogP contribution in [0.15, 0.2) is 59.4 Å². The number of rotatable bonds is 6. The van der Waals surface area contributed by atoms with E-state index in [1.807, 2.05) is 54.6 Å². The number of hydrogen-bond donors (Lipinski definition) is 2. The van der Waals surface area contributed by atoms with E-state index in [4.69, 9.17) is 0 Å². The van der Waals surface area contributed by atoms with Crippen molar-refractivity contribution in [1.82, 2.24) is 20.0 Å². The second kappa shape index (κ2) is 7.72. The molecule has 1 heterocycles. The number of aryl methyl sites for hydroxylation is 1. The van der Waals surface area contributed by atoms with Crippen LogP contribution in [-0.4, -0.2) is 14.5 Å². The number of hydrazine groups is 1. The molecule has 0 saturated carbocycles. The molecule has 0 aliphatic heterocycles. The first-order chi connectivity index (χ1) is 12.2. The van der Waals surface area contributed by atoms with Gasteiger partial charge in [-0.2, -0.15) is 9.97 Å². The number of hydrogen-bond acceptors (Lipinski definition) is 5. The van der Waals surface area contributed by atoms with Crippen molar-refractivity contribution in [3.8, 4) is 11.4 Å². The zero-order valence-corrected chi connectivity index (χ0v) is 14.4. The van der Waals surface area contributed by atoms with Crippen LogP contribution in [0.1, 0.15) is 18.1 Å². The SMILES string of the molecule is CCc1ccccc1-c1nc(NNCc2ccccc2)nc(=O)n1C. The average Bonchev–Trinajstić information content (AvgIpc) is 2.65. The van der Waals surface area contributed by atoms with Crippen LogP contribution in [0.2, 0.25) is 0 Å². The zero-order valence-electron chi connectivity index (χ0n) is 14.4. The summed E-state index contributed by atoms with van der Waals surface area (Å²) >= 11 is 0. The van der Waals surface area contributed by atoms with Crippen LogP contribution < -0.4 is 16.5 Å². The highest BCUT2D eigenvalue weighted by molar-refractivity contribution is 5.61. The van der Waals surface area contributed by atoms with E-state index in [1.54, 1.807) is 7.05 Å². The van der Waals surface area contributed by atoms with E-state index in [-0.39, 0.29) is 11.6 Å². The molecule has 0 amide bonds. The third-order valence-corrected chi connectivity index (χ3v) is 3.99. The predicted molar refractivity (Wildman–Crippen MR) is 99.0 cm³/mol. The average molecular weight is 335 g/mol. The highest BCUT2D eigenvalue weighted by Gasteiger charge is 2.12. The van der Waals surface area contributed by atoms with E-state index < -0.39 is 0 Å². The van der Waals surface area contributed by atoms with Gasteiger partial charge in [-0.05, 0) is 17.5 Å². The lowest BCUT2D eigenvalue weighted by Crippen LogP contribution is -2.29. The van der Waals surface area contributed by atoms with E-state index in [2.05, 4.69) is 27.7 Å². The molecule has 0 unspecified atom stereocenters. The van der Waals surface area contributed by atoms with Gasteiger partial charge in [0.2, 0.25) is 5.95 Å². The zero-order chi connectivity index (χ0) is 17.6. The molecular weight excluding hydrogens is 314 g/mol. The van der Waals surface area contributed by atoms with Gasteiger partial charge in [-0.25, -0.2) is 10.2 Å². The smallest absolute Gasteiger partial charge is 0.289 e. The minimum Gasteiger partial charge on any atom is -0.289 e. The van der Waals surface area contributed by atoms with Crippen molar-refractivity contribution in [2.24, 2.45) is 7.05 Å². The Morgan fingerprint density at radius 3 is 2.48 bits per heavy atom. The van der Waals surface area contributed by atoms with E-state index >= 15 is 0 Å². The Morgan fingerprint density at radius 2 is 1.72 bits per heavy atom. The second-order valence-corrected chi connectivity index (χ2v) is 5.69. The molecule has 0 aliphatic rings. The molecule has 2 N–H and O–H groups in total. The van der Waals surface area contributed by atoms with E-state index in [0.29, 0.717) is 12.4 Å². The topological polar surface area (TPSA) is 71.8 Å².